The topological polar surface area (TPSA) is 12.5 Å². The second-order valence-electron chi connectivity index (χ2n) is 4.91. The first-order chi connectivity index (χ1) is 7.84. The van der Waals surface area contributed by atoms with E-state index in [9.17, 15) is 0 Å². The molecule has 0 aliphatic carbocycles. The minimum Gasteiger partial charge on any atom is -0.364 e. The van der Waals surface area contributed by atoms with E-state index >= 15 is 0 Å². The van der Waals surface area contributed by atoms with Gasteiger partial charge in [-0.1, -0.05) is 31.2 Å². The van der Waals surface area contributed by atoms with Crippen molar-refractivity contribution in [2.75, 3.05) is 19.6 Å². The van der Waals surface area contributed by atoms with Gasteiger partial charge in [-0.25, -0.2) is 0 Å². The van der Waals surface area contributed by atoms with Crippen LogP contribution in [0.2, 0.25) is 0 Å². The molecule has 1 unspecified atom stereocenters. The van der Waals surface area contributed by atoms with E-state index in [-0.39, 0.29) is 5.60 Å². The molecule has 2 aliphatic rings. The van der Waals surface area contributed by atoms with Crippen LogP contribution in [0.25, 0.3) is 0 Å². The number of likely N-dealkylation sites (N-methyl/N-ethyl adjacent to an activating group) is 1. The average Bonchev–Trinajstić information content (AvgIpc) is 2.69. The highest BCUT2D eigenvalue weighted by atomic mass is 16.5. The zero-order chi connectivity index (χ0) is 11.0. The van der Waals surface area contributed by atoms with Crippen LogP contribution in [-0.4, -0.2) is 24.5 Å². The third kappa shape index (κ3) is 1.48. The smallest absolute Gasteiger partial charge is 0.107 e. The lowest BCUT2D eigenvalue weighted by Gasteiger charge is -2.39. The van der Waals surface area contributed by atoms with Gasteiger partial charge in [-0.15, -0.1) is 0 Å². The zero-order valence-corrected chi connectivity index (χ0v) is 9.91. The molecule has 0 amide bonds. The Morgan fingerprint density at radius 2 is 2.25 bits per heavy atom. The van der Waals surface area contributed by atoms with Crippen LogP contribution in [0.4, 0.5) is 0 Å². The second-order valence-corrected chi connectivity index (χ2v) is 4.91. The first kappa shape index (κ1) is 10.3. The van der Waals surface area contributed by atoms with Crippen molar-refractivity contribution in [3.05, 3.63) is 35.4 Å². The molecule has 1 atom stereocenters. The lowest BCUT2D eigenvalue weighted by Crippen LogP contribution is -2.45. The molecule has 1 spiro atoms. The van der Waals surface area contributed by atoms with E-state index in [1.54, 1.807) is 0 Å². The number of piperidine rings is 1. The summed E-state index contributed by atoms with van der Waals surface area (Å²) in [6, 6.07) is 8.71. The van der Waals surface area contributed by atoms with E-state index in [2.05, 4.69) is 36.1 Å². The van der Waals surface area contributed by atoms with Crippen LogP contribution in [0.5, 0.6) is 0 Å². The fraction of sp³-hybridized carbons (Fsp3) is 0.571. The molecule has 16 heavy (non-hydrogen) atoms. The summed E-state index contributed by atoms with van der Waals surface area (Å²) in [5, 5.41) is 0. The van der Waals surface area contributed by atoms with Crippen molar-refractivity contribution >= 4 is 0 Å². The molecule has 0 N–H and O–H groups in total. The van der Waals surface area contributed by atoms with Crippen LogP contribution in [0, 0.1) is 0 Å². The summed E-state index contributed by atoms with van der Waals surface area (Å²) >= 11 is 0. The molecule has 0 bridgehead atoms. The molecule has 86 valence electrons. The van der Waals surface area contributed by atoms with Gasteiger partial charge in [0.25, 0.3) is 0 Å². The molecule has 0 saturated carbocycles. The molecular formula is C14H19NO. The molecule has 2 nitrogen and oxygen atoms in total. The van der Waals surface area contributed by atoms with E-state index in [0.29, 0.717) is 0 Å². The SMILES string of the molecule is CCN1CCCC2(C1)OCc1ccccc12. The summed E-state index contributed by atoms with van der Waals surface area (Å²) in [5.41, 5.74) is 2.83. The van der Waals surface area contributed by atoms with Gasteiger partial charge in [0, 0.05) is 6.54 Å². The molecule has 1 aromatic rings. The Morgan fingerprint density at radius 3 is 3.12 bits per heavy atom. The first-order valence-corrected chi connectivity index (χ1v) is 6.29. The van der Waals surface area contributed by atoms with Gasteiger partial charge in [0.2, 0.25) is 0 Å². The minimum atomic E-state index is 0.00481. The monoisotopic (exact) mass is 217 g/mol. The normalized spacial score (nSPS) is 29.6. The Labute approximate surface area is 97.2 Å². The molecule has 2 heterocycles. The second kappa shape index (κ2) is 3.86. The minimum absolute atomic E-state index is 0.00481. The van der Waals surface area contributed by atoms with E-state index < -0.39 is 0 Å². The Bertz CT molecular complexity index is 386. The number of benzene rings is 1. The number of likely N-dealkylation sites (tertiary alicyclic amines) is 1. The van der Waals surface area contributed by atoms with Crippen molar-refractivity contribution in [2.24, 2.45) is 0 Å². The molecular weight excluding hydrogens is 198 g/mol. The van der Waals surface area contributed by atoms with Gasteiger partial charge in [0.15, 0.2) is 0 Å². The largest absolute Gasteiger partial charge is 0.364 e. The van der Waals surface area contributed by atoms with Crippen LogP contribution in [-0.2, 0) is 16.9 Å². The molecule has 0 aromatic heterocycles. The molecule has 1 saturated heterocycles. The number of rotatable bonds is 1. The van der Waals surface area contributed by atoms with Crippen molar-refractivity contribution < 1.29 is 4.74 Å². The zero-order valence-electron chi connectivity index (χ0n) is 9.91. The Balaban J connectivity index is 1.95. The highest BCUT2D eigenvalue weighted by Gasteiger charge is 2.42. The average molecular weight is 217 g/mol. The van der Waals surface area contributed by atoms with Crippen molar-refractivity contribution in [1.29, 1.82) is 0 Å². The maximum Gasteiger partial charge on any atom is 0.107 e. The van der Waals surface area contributed by atoms with Gasteiger partial charge in [0.1, 0.15) is 5.60 Å². The summed E-state index contributed by atoms with van der Waals surface area (Å²) in [7, 11) is 0. The summed E-state index contributed by atoms with van der Waals surface area (Å²) in [6.45, 7) is 6.46. The Morgan fingerprint density at radius 1 is 1.38 bits per heavy atom. The maximum atomic E-state index is 6.14. The van der Waals surface area contributed by atoms with Crippen LogP contribution in [0.3, 0.4) is 0 Å². The Kier molecular flexibility index (Phi) is 2.49. The van der Waals surface area contributed by atoms with E-state index in [1.807, 2.05) is 0 Å². The fourth-order valence-electron chi connectivity index (χ4n) is 3.10. The third-order valence-corrected chi connectivity index (χ3v) is 3.99. The number of hydrogen-bond donors (Lipinski definition) is 0. The fourth-order valence-corrected chi connectivity index (χ4v) is 3.10. The number of fused-ring (bicyclic) bond motifs is 2. The van der Waals surface area contributed by atoms with Gasteiger partial charge in [-0.3, -0.25) is 0 Å². The summed E-state index contributed by atoms with van der Waals surface area (Å²) < 4.78 is 6.14. The summed E-state index contributed by atoms with van der Waals surface area (Å²) in [6.07, 6.45) is 2.43. The van der Waals surface area contributed by atoms with Crippen LogP contribution in [0.1, 0.15) is 30.9 Å². The number of hydrogen-bond acceptors (Lipinski definition) is 2. The molecule has 3 rings (SSSR count). The third-order valence-electron chi connectivity index (χ3n) is 3.99. The van der Waals surface area contributed by atoms with Crippen molar-refractivity contribution in [2.45, 2.75) is 32.0 Å². The highest BCUT2D eigenvalue weighted by Crippen LogP contribution is 2.42. The molecule has 2 heteroatoms. The van der Waals surface area contributed by atoms with Crippen LogP contribution in [0.15, 0.2) is 24.3 Å². The molecule has 1 fully saturated rings. The quantitative estimate of drug-likeness (QED) is 0.716. The van der Waals surface area contributed by atoms with E-state index in [1.165, 1.54) is 30.5 Å². The standard InChI is InChI=1S/C14H19NO/c1-2-15-9-5-8-14(11-15)13-7-4-3-6-12(13)10-16-14/h3-4,6-7H,2,5,8-11H2,1H3. The van der Waals surface area contributed by atoms with Gasteiger partial charge < -0.3 is 9.64 Å². The summed E-state index contributed by atoms with van der Waals surface area (Å²) in [5.74, 6) is 0. The molecule has 2 aliphatic heterocycles. The van der Waals surface area contributed by atoms with Crippen LogP contribution < -0.4 is 0 Å². The van der Waals surface area contributed by atoms with Crippen molar-refractivity contribution in [3.63, 3.8) is 0 Å². The highest BCUT2D eigenvalue weighted by molar-refractivity contribution is 5.36. The first-order valence-electron chi connectivity index (χ1n) is 6.29. The predicted molar refractivity (Wildman–Crippen MR) is 64.3 cm³/mol. The summed E-state index contributed by atoms with van der Waals surface area (Å²) in [4.78, 5) is 2.51. The molecule has 1 aromatic carbocycles. The predicted octanol–water partition coefficient (Wildman–Crippen LogP) is 2.53. The van der Waals surface area contributed by atoms with Crippen molar-refractivity contribution in [3.8, 4) is 0 Å². The Hall–Kier alpha value is -0.860. The van der Waals surface area contributed by atoms with Gasteiger partial charge in [-0.2, -0.15) is 0 Å². The maximum absolute atomic E-state index is 6.14. The van der Waals surface area contributed by atoms with Gasteiger partial charge in [0.05, 0.1) is 6.61 Å². The lowest BCUT2D eigenvalue weighted by atomic mass is 9.85. The van der Waals surface area contributed by atoms with Crippen molar-refractivity contribution in [1.82, 2.24) is 4.90 Å². The number of ether oxygens (including phenoxy) is 1. The van der Waals surface area contributed by atoms with Gasteiger partial charge in [-0.05, 0) is 37.1 Å². The molecule has 0 radical (unpaired) electrons. The van der Waals surface area contributed by atoms with E-state index in [4.69, 9.17) is 4.74 Å². The van der Waals surface area contributed by atoms with Crippen LogP contribution >= 0.6 is 0 Å². The van der Waals surface area contributed by atoms with Gasteiger partial charge >= 0.3 is 0 Å². The van der Waals surface area contributed by atoms with E-state index in [0.717, 1.165) is 19.7 Å². The lowest BCUT2D eigenvalue weighted by molar-refractivity contribution is -0.0844. The number of nitrogens with zero attached hydrogens (tertiary/aromatic N) is 1.